The molecule has 0 spiro atoms. The summed E-state index contributed by atoms with van der Waals surface area (Å²) in [5.74, 6) is -1.03. The van der Waals surface area contributed by atoms with Crippen molar-refractivity contribution in [1.29, 1.82) is 0 Å². The van der Waals surface area contributed by atoms with E-state index in [0.29, 0.717) is 22.2 Å². The first-order chi connectivity index (χ1) is 12.9. The molecule has 0 fully saturated rings. The third-order valence-corrected chi connectivity index (χ3v) is 4.88. The molecule has 2 heterocycles. The highest BCUT2D eigenvalue weighted by atomic mass is 35.5. The first-order valence-corrected chi connectivity index (χ1v) is 9.05. The van der Waals surface area contributed by atoms with Crippen molar-refractivity contribution in [3.63, 3.8) is 0 Å². The normalized spacial score (nSPS) is 12.0. The first-order valence-electron chi connectivity index (χ1n) is 8.29. The van der Waals surface area contributed by atoms with Crippen LogP contribution in [0.3, 0.4) is 0 Å². The van der Waals surface area contributed by atoms with Crippen LogP contribution in [0.25, 0.3) is 11.1 Å². The van der Waals surface area contributed by atoms with Crippen molar-refractivity contribution in [3.05, 3.63) is 64.2 Å². The van der Waals surface area contributed by atoms with Crippen LogP contribution in [0.4, 0.5) is 5.69 Å². The predicted molar refractivity (Wildman–Crippen MR) is 107 cm³/mol. The summed E-state index contributed by atoms with van der Waals surface area (Å²) in [6.45, 7) is 4.22. The molecule has 3 aromatic rings. The van der Waals surface area contributed by atoms with Crippen molar-refractivity contribution in [1.82, 2.24) is 14.8 Å². The summed E-state index contributed by atoms with van der Waals surface area (Å²) in [6.07, 6.45) is 3.23. The summed E-state index contributed by atoms with van der Waals surface area (Å²) in [5.41, 5.74) is 3.09. The molecule has 2 aromatic heterocycles. The van der Waals surface area contributed by atoms with Crippen LogP contribution in [0.1, 0.15) is 29.1 Å². The number of rotatable bonds is 6. The molecule has 1 atom stereocenters. The van der Waals surface area contributed by atoms with Gasteiger partial charge in [-0.3, -0.25) is 9.67 Å². The molecule has 140 valence electrons. The highest BCUT2D eigenvalue weighted by Gasteiger charge is 2.22. The topological polar surface area (TPSA) is 80.0 Å². The smallest absolute Gasteiger partial charge is 0.354 e. The Bertz CT molecular complexity index is 988. The Morgan fingerprint density at radius 3 is 2.70 bits per heavy atom. The van der Waals surface area contributed by atoms with Crippen LogP contribution >= 0.6 is 23.2 Å². The summed E-state index contributed by atoms with van der Waals surface area (Å²) in [6, 6.07) is 8.65. The minimum Gasteiger partial charge on any atom is -0.477 e. The fourth-order valence-corrected chi connectivity index (χ4v) is 3.09. The van der Waals surface area contributed by atoms with Crippen LogP contribution in [-0.4, -0.2) is 32.4 Å². The summed E-state index contributed by atoms with van der Waals surface area (Å²) >= 11 is 11.9. The molecule has 3 rings (SSSR count). The average molecular weight is 405 g/mol. The second-order valence-electron chi connectivity index (χ2n) is 6.20. The number of pyridine rings is 1. The number of aromatic carboxylic acids is 1. The molecule has 0 saturated carbocycles. The van der Waals surface area contributed by atoms with Crippen LogP contribution in [0.5, 0.6) is 0 Å². The summed E-state index contributed by atoms with van der Waals surface area (Å²) in [7, 11) is 0. The van der Waals surface area contributed by atoms with Crippen molar-refractivity contribution in [2.45, 2.75) is 19.9 Å². The number of hydrogen-bond donors (Lipinski definition) is 2. The van der Waals surface area contributed by atoms with Gasteiger partial charge in [-0.05, 0) is 49.7 Å². The van der Waals surface area contributed by atoms with Crippen LogP contribution in [0, 0.1) is 6.92 Å². The lowest BCUT2D eigenvalue weighted by atomic mass is 10.1. The van der Waals surface area contributed by atoms with E-state index in [-0.39, 0.29) is 11.7 Å². The number of nitrogens with one attached hydrogen (secondary N) is 1. The molecule has 1 unspecified atom stereocenters. The van der Waals surface area contributed by atoms with Gasteiger partial charge in [0.2, 0.25) is 0 Å². The maximum atomic E-state index is 11.9. The van der Waals surface area contributed by atoms with E-state index in [1.165, 1.54) is 4.68 Å². The summed E-state index contributed by atoms with van der Waals surface area (Å²) in [4.78, 5) is 16.0. The van der Waals surface area contributed by atoms with Gasteiger partial charge in [0.1, 0.15) is 0 Å². The molecule has 0 aliphatic heterocycles. The molecule has 0 saturated heterocycles. The van der Waals surface area contributed by atoms with E-state index in [9.17, 15) is 9.90 Å². The molecule has 0 aliphatic rings. The van der Waals surface area contributed by atoms with E-state index in [1.54, 1.807) is 30.6 Å². The van der Waals surface area contributed by atoms with Crippen LogP contribution < -0.4 is 5.32 Å². The largest absolute Gasteiger partial charge is 0.477 e. The van der Waals surface area contributed by atoms with Crippen LogP contribution in [-0.2, 0) is 0 Å². The molecular formula is C19H18Cl2N4O2. The van der Waals surface area contributed by atoms with Gasteiger partial charge in [-0.25, -0.2) is 4.79 Å². The van der Waals surface area contributed by atoms with E-state index in [2.05, 4.69) is 15.4 Å². The average Bonchev–Trinajstić information content (AvgIpc) is 3.08. The zero-order chi connectivity index (χ0) is 19.6. The lowest BCUT2D eigenvalue weighted by molar-refractivity contribution is 0.0682. The zero-order valence-electron chi connectivity index (χ0n) is 14.8. The van der Waals surface area contributed by atoms with Crippen molar-refractivity contribution < 1.29 is 9.90 Å². The van der Waals surface area contributed by atoms with E-state index in [0.717, 1.165) is 16.9 Å². The van der Waals surface area contributed by atoms with E-state index >= 15 is 0 Å². The SMILES string of the molecule is Cc1cc(-c2cnn(C(C)CNc3ccc(Cl)c(Cl)c3)c2C(=O)O)ccn1. The number of aryl methyl sites for hydroxylation is 1. The third-order valence-electron chi connectivity index (χ3n) is 4.14. The van der Waals surface area contributed by atoms with E-state index in [1.807, 2.05) is 26.0 Å². The molecule has 2 N–H and O–H groups in total. The number of carboxylic acids is 1. The maximum Gasteiger partial charge on any atom is 0.354 e. The lowest BCUT2D eigenvalue weighted by Crippen LogP contribution is -2.21. The van der Waals surface area contributed by atoms with Gasteiger partial charge in [-0.15, -0.1) is 0 Å². The monoisotopic (exact) mass is 404 g/mol. The first kappa shape index (κ1) is 19.2. The van der Waals surface area contributed by atoms with Gasteiger partial charge in [0.15, 0.2) is 5.69 Å². The predicted octanol–water partition coefficient (Wildman–Crippen LogP) is 4.93. The molecule has 27 heavy (non-hydrogen) atoms. The van der Waals surface area contributed by atoms with Crippen LogP contribution in [0.15, 0.2) is 42.7 Å². The van der Waals surface area contributed by atoms with Crippen molar-refractivity contribution in [2.24, 2.45) is 0 Å². The molecule has 1 aromatic carbocycles. The van der Waals surface area contributed by atoms with Gasteiger partial charge >= 0.3 is 5.97 Å². The Balaban J connectivity index is 1.85. The fraction of sp³-hybridized carbons (Fsp3) is 0.211. The summed E-state index contributed by atoms with van der Waals surface area (Å²) < 4.78 is 1.51. The second-order valence-corrected chi connectivity index (χ2v) is 7.02. The molecular weight excluding hydrogens is 387 g/mol. The summed E-state index contributed by atoms with van der Waals surface area (Å²) in [5, 5.41) is 18.2. The molecule has 0 amide bonds. The lowest BCUT2D eigenvalue weighted by Gasteiger charge is -2.16. The molecule has 6 nitrogen and oxygen atoms in total. The van der Waals surface area contributed by atoms with Gasteiger partial charge < -0.3 is 10.4 Å². The van der Waals surface area contributed by atoms with E-state index < -0.39 is 5.97 Å². The van der Waals surface area contributed by atoms with E-state index in [4.69, 9.17) is 23.2 Å². The minimum absolute atomic E-state index is 0.143. The van der Waals surface area contributed by atoms with Gasteiger partial charge in [-0.1, -0.05) is 23.2 Å². The number of halogens is 2. The zero-order valence-corrected chi connectivity index (χ0v) is 16.3. The quantitative estimate of drug-likeness (QED) is 0.608. The second kappa shape index (κ2) is 7.98. The number of hydrogen-bond acceptors (Lipinski definition) is 4. The van der Waals surface area contributed by atoms with Gasteiger partial charge in [0.25, 0.3) is 0 Å². The van der Waals surface area contributed by atoms with Crippen molar-refractivity contribution >= 4 is 34.9 Å². The van der Waals surface area contributed by atoms with Crippen LogP contribution in [0.2, 0.25) is 10.0 Å². The molecule has 8 heteroatoms. The molecule has 0 aliphatic carbocycles. The highest BCUT2D eigenvalue weighted by molar-refractivity contribution is 6.42. The Morgan fingerprint density at radius 1 is 1.26 bits per heavy atom. The number of carboxylic acid groups (broad SMARTS) is 1. The Labute approximate surface area is 166 Å². The van der Waals surface area contributed by atoms with Gasteiger partial charge in [-0.2, -0.15) is 5.10 Å². The maximum absolute atomic E-state index is 11.9. The molecule has 0 radical (unpaired) electrons. The Morgan fingerprint density at radius 2 is 2.04 bits per heavy atom. The number of anilines is 1. The number of nitrogens with zero attached hydrogens (tertiary/aromatic N) is 3. The number of carbonyl (C=O) groups is 1. The standard InChI is InChI=1S/C19H18Cl2N4O2/c1-11-7-13(5-6-22-11)15-10-24-25(18(15)19(26)27)12(2)9-23-14-3-4-16(20)17(21)8-14/h3-8,10,12,23H,9H2,1-2H3,(H,26,27). The Hall–Kier alpha value is -2.57. The minimum atomic E-state index is -1.03. The Kier molecular flexibility index (Phi) is 5.68. The molecule has 0 bridgehead atoms. The highest BCUT2D eigenvalue weighted by Crippen LogP contribution is 2.27. The number of benzene rings is 1. The van der Waals surface area contributed by atoms with Crippen molar-refractivity contribution in [2.75, 3.05) is 11.9 Å². The van der Waals surface area contributed by atoms with Crippen molar-refractivity contribution in [3.8, 4) is 11.1 Å². The number of aromatic nitrogens is 3. The van der Waals surface area contributed by atoms with Gasteiger partial charge in [0, 0.05) is 29.7 Å². The fourth-order valence-electron chi connectivity index (χ4n) is 2.79. The van der Waals surface area contributed by atoms with Gasteiger partial charge in [0.05, 0.1) is 22.3 Å². The third kappa shape index (κ3) is 4.23.